The van der Waals surface area contributed by atoms with Crippen LogP contribution in [-0.4, -0.2) is 17.2 Å². The summed E-state index contributed by atoms with van der Waals surface area (Å²) in [5.74, 6) is -2.85. The Kier molecular flexibility index (Phi) is 2.60. The molecule has 0 atom stereocenters. The topological polar surface area (TPSA) is 42.4 Å². The van der Waals surface area contributed by atoms with Gasteiger partial charge in [0.2, 0.25) is 0 Å². The highest BCUT2D eigenvalue weighted by molar-refractivity contribution is 5.42. The maximum atomic E-state index is 12.5. The van der Waals surface area contributed by atoms with E-state index in [0.717, 1.165) is 13.3 Å². The van der Waals surface area contributed by atoms with E-state index < -0.39 is 23.7 Å². The second-order valence-electron chi connectivity index (χ2n) is 2.18. The highest BCUT2D eigenvalue weighted by atomic mass is 19.3. The van der Waals surface area contributed by atoms with Gasteiger partial charge in [-0.15, -0.1) is 0 Å². The number of aromatic nitrogens is 1. The molecule has 0 aliphatic heterocycles. The maximum absolute atomic E-state index is 12.5. The van der Waals surface area contributed by atoms with Crippen molar-refractivity contribution in [2.24, 2.45) is 0 Å². The lowest BCUT2D eigenvalue weighted by Gasteiger charge is -2.08. The first-order chi connectivity index (χ1) is 6.07. The van der Waals surface area contributed by atoms with Crippen molar-refractivity contribution in [1.82, 2.24) is 4.98 Å². The number of hydrogen-bond donors (Lipinski definition) is 1. The molecule has 0 bridgehead atoms. The Morgan fingerprint density at radius 3 is 2.62 bits per heavy atom. The zero-order valence-corrected chi connectivity index (χ0v) is 6.59. The largest absolute Gasteiger partial charge is 0.503 e. The summed E-state index contributed by atoms with van der Waals surface area (Å²) >= 11 is 0. The molecule has 0 unspecified atom stereocenters. The van der Waals surface area contributed by atoms with Crippen molar-refractivity contribution in [3.63, 3.8) is 0 Å². The highest BCUT2D eigenvalue weighted by Gasteiger charge is 2.22. The fraction of sp³-hybridized carbons (Fsp3) is 0.286. The summed E-state index contributed by atoms with van der Waals surface area (Å²) in [7, 11) is 1.13. The van der Waals surface area contributed by atoms with Crippen molar-refractivity contribution in [2.45, 2.75) is 6.43 Å². The number of aromatic hydroxyl groups is 1. The lowest BCUT2D eigenvalue weighted by atomic mass is 10.2. The van der Waals surface area contributed by atoms with Gasteiger partial charge in [-0.2, -0.15) is 4.39 Å². The molecule has 1 aromatic rings. The van der Waals surface area contributed by atoms with Crippen LogP contribution >= 0.6 is 0 Å². The van der Waals surface area contributed by atoms with Gasteiger partial charge in [0.05, 0.1) is 13.3 Å². The van der Waals surface area contributed by atoms with Crippen LogP contribution in [0.4, 0.5) is 13.2 Å². The van der Waals surface area contributed by atoms with E-state index in [4.69, 9.17) is 5.11 Å². The molecule has 3 nitrogen and oxygen atoms in total. The molecular weight excluding hydrogens is 187 g/mol. The number of alkyl halides is 2. The van der Waals surface area contributed by atoms with Crippen LogP contribution in [0.5, 0.6) is 11.5 Å². The zero-order valence-electron chi connectivity index (χ0n) is 6.59. The maximum Gasteiger partial charge on any atom is 0.271 e. The minimum Gasteiger partial charge on any atom is -0.503 e. The third-order valence-electron chi connectivity index (χ3n) is 1.45. The number of pyridine rings is 1. The Labute approximate surface area is 71.8 Å². The van der Waals surface area contributed by atoms with E-state index in [0.29, 0.717) is 0 Å². The van der Waals surface area contributed by atoms with E-state index in [2.05, 4.69) is 9.72 Å². The van der Waals surface area contributed by atoms with Crippen molar-refractivity contribution < 1.29 is 23.0 Å². The quantitative estimate of drug-likeness (QED) is 0.729. The fourth-order valence-corrected chi connectivity index (χ4v) is 0.847. The molecule has 0 aliphatic carbocycles. The molecule has 1 heterocycles. The van der Waals surface area contributed by atoms with Gasteiger partial charge in [0.15, 0.2) is 5.75 Å². The van der Waals surface area contributed by atoms with Crippen molar-refractivity contribution >= 4 is 0 Å². The predicted molar refractivity (Wildman–Crippen MR) is 37.4 cm³/mol. The van der Waals surface area contributed by atoms with Gasteiger partial charge >= 0.3 is 0 Å². The number of nitrogens with zero attached hydrogens (tertiary/aromatic N) is 1. The fourth-order valence-electron chi connectivity index (χ4n) is 0.847. The van der Waals surface area contributed by atoms with Crippen LogP contribution in [0.1, 0.15) is 12.0 Å². The molecule has 0 amide bonds. The average Bonchev–Trinajstić information content (AvgIpc) is 2.08. The van der Waals surface area contributed by atoms with E-state index >= 15 is 0 Å². The lowest BCUT2D eigenvalue weighted by Crippen LogP contribution is -1.97. The van der Waals surface area contributed by atoms with E-state index in [9.17, 15) is 13.2 Å². The summed E-state index contributed by atoms with van der Waals surface area (Å²) in [5, 5.41) is 8.88. The molecule has 1 aromatic heterocycles. The summed E-state index contributed by atoms with van der Waals surface area (Å²) in [4.78, 5) is 3.02. The van der Waals surface area contributed by atoms with Crippen LogP contribution in [0.25, 0.3) is 0 Å². The predicted octanol–water partition coefficient (Wildman–Crippen LogP) is 1.87. The molecule has 0 aliphatic rings. The molecule has 0 saturated carbocycles. The second-order valence-corrected chi connectivity index (χ2v) is 2.18. The highest BCUT2D eigenvalue weighted by Crippen LogP contribution is 2.36. The van der Waals surface area contributed by atoms with Crippen molar-refractivity contribution in [1.29, 1.82) is 0 Å². The minimum atomic E-state index is -3.01. The molecule has 0 radical (unpaired) electrons. The van der Waals surface area contributed by atoms with E-state index in [1.807, 2.05) is 0 Å². The van der Waals surface area contributed by atoms with Crippen LogP contribution in [0.3, 0.4) is 0 Å². The smallest absolute Gasteiger partial charge is 0.271 e. The molecule has 0 saturated heterocycles. The van der Waals surface area contributed by atoms with Crippen LogP contribution in [0.15, 0.2) is 6.20 Å². The van der Waals surface area contributed by atoms with Gasteiger partial charge < -0.3 is 9.84 Å². The van der Waals surface area contributed by atoms with E-state index in [1.165, 1.54) is 0 Å². The van der Waals surface area contributed by atoms with E-state index in [1.54, 1.807) is 0 Å². The third kappa shape index (κ3) is 1.66. The summed E-state index contributed by atoms with van der Waals surface area (Å²) in [6.45, 7) is 0. The molecular formula is C7H6F3NO2. The SMILES string of the molecule is COc1cnc(F)c(O)c1C(F)F. The summed E-state index contributed by atoms with van der Waals surface area (Å²) in [6.07, 6.45) is -2.22. The molecule has 0 aromatic carbocycles. The van der Waals surface area contributed by atoms with Gasteiger partial charge in [0.25, 0.3) is 12.4 Å². The first kappa shape index (κ1) is 9.63. The van der Waals surface area contributed by atoms with Gasteiger partial charge in [-0.3, -0.25) is 0 Å². The molecule has 0 spiro atoms. The Balaban J connectivity index is 3.32. The number of hydrogen-bond acceptors (Lipinski definition) is 3. The number of ether oxygens (including phenoxy) is 1. The van der Waals surface area contributed by atoms with Crippen LogP contribution in [0.2, 0.25) is 0 Å². The van der Waals surface area contributed by atoms with Gasteiger partial charge in [-0.05, 0) is 0 Å². The molecule has 6 heteroatoms. The van der Waals surface area contributed by atoms with Crippen LogP contribution < -0.4 is 4.74 Å². The average molecular weight is 193 g/mol. The van der Waals surface area contributed by atoms with Crippen molar-refractivity contribution in [3.05, 3.63) is 17.7 Å². The Morgan fingerprint density at radius 2 is 2.15 bits per heavy atom. The Hall–Kier alpha value is -1.46. The summed E-state index contributed by atoms with van der Waals surface area (Å²) in [5.41, 5.74) is -0.880. The first-order valence-electron chi connectivity index (χ1n) is 3.27. The van der Waals surface area contributed by atoms with Crippen LogP contribution in [0, 0.1) is 5.95 Å². The van der Waals surface area contributed by atoms with Crippen molar-refractivity contribution in [3.8, 4) is 11.5 Å². The Bertz CT molecular complexity index is 317. The van der Waals surface area contributed by atoms with Gasteiger partial charge in [-0.25, -0.2) is 13.8 Å². The molecule has 1 rings (SSSR count). The first-order valence-corrected chi connectivity index (χ1v) is 3.27. The molecule has 0 fully saturated rings. The number of halogens is 3. The Morgan fingerprint density at radius 1 is 1.54 bits per heavy atom. The van der Waals surface area contributed by atoms with Gasteiger partial charge in [0, 0.05) is 0 Å². The van der Waals surface area contributed by atoms with Crippen molar-refractivity contribution in [2.75, 3.05) is 7.11 Å². The second kappa shape index (κ2) is 3.51. The third-order valence-corrected chi connectivity index (χ3v) is 1.45. The number of rotatable bonds is 2. The van der Waals surface area contributed by atoms with Crippen LogP contribution in [-0.2, 0) is 0 Å². The molecule has 72 valence electrons. The normalized spacial score (nSPS) is 10.5. The summed E-state index contributed by atoms with van der Waals surface area (Å²) in [6, 6.07) is 0. The molecule has 13 heavy (non-hydrogen) atoms. The zero-order chi connectivity index (χ0) is 10.0. The standard InChI is InChI=1S/C7H6F3NO2/c1-13-3-2-11-7(10)5(12)4(3)6(8)9/h2,6,12H,1H3. The van der Waals surface area contributed by atoms with E-state index in [-0.39, 0.29) is 5.75 Å². The monoisotopic (exact) mass is 193 g/mol. The lowest BCUT2D eigenvalue weighted by molar-refractivity contribution is 0.141. The summed E-state index contributed by atoms with van der Waals surface area (Å²) < 4.78 is 41.4. The van der Waals surface area contributed by atoms with Gasteiger partial charge in [-0.1, -0.05) is 0 Å². The van der Waals surface area contributed by atoms with Gasteiger partial charge in [0.1, 0.15) is 11.3 Å². The minimum absolute atomic E-state index is 0.339. The molecule has 1 N–H and O–H groups in total. The number of methoxy groups -OCH3 is 1.